The molecule has 5 heteroatoms. The van der Waals surface area contributed by atoms with Gasteiger partial charge in [0.05, 0.1) is 5.02 Å². The molecule has 0 unspecified atom stereocenters. The highest BCUT2D eigenvalue weighted by Gasteiger charge is 2.22. The van der Waals surface area contributed by atoms with Gasteiger partial charge in [-0.25, -0.2) is 9.59 Å². The predicted molar refractivity (Wildman–Crippen MR) is 79.9 cm³/mol. The number of aromatic carboxylic acids is 1. The Morgan fingerprint density at radius 1 is 1.05 bits per heavy atom. The summed E-state index contributed by atoms with van der Waals surface area (Å²) in [6.07, 6.45) is 0. The third-order valence-electron chi connectivity index (χ3n) is 3.16. The average Bonchev–Trinajstić information content (AvgIpc) is 2.46. The van der Waals surface area contributed by atoms with Crippen LogP contribution in [0.2, 0.25) is 5.02 Å². The van der Waals surface area contributed by atoms with Crippen LogP contribution >= 0.6 is 11.6 Å². The molecule has 0 saturated carbocycles. The van der Waals surface area contributed by atoms with Crippen LogP contribution in [-0.2, 0) is 0 Å². The maximum absolute atomic E-state index is 12.0. The summed E-state index contributed by atoms with van der Waals surface area (Å²) in [6, 6.07) is 13.6. The third kappa shape index (κ3) is 2.19. The summed E-state index contributed by atoms with van der Waals surface area (Å²) in [4.78, 5) is 23.5. The Morgan fingerprint density at radius 2 is 1.76 bits per heavy atom. The van der Waals surface area contributed by atoms with Crippen LogP contribution in [0.25, 0.3) is 22.1 Å². The van der Waals surface area contributed by atoms with Gasteiger partial charge >= 0.3 is 11.6 Å². The summed E-state index contributed by atoms with van der Waals surface area (Å²) in [5.74, 6) is -1.34. The van der Waals surface area contributed by atoms with Gasteiger partial charge in [-0.2, -0.15) is 0 Å². The highest BCUT2D eigenvalue weighted by atomic mass is 35.5. The Morgan fingerprint density at radius 3 is 2.43 bits per heavy atom. The molecule has 21 heavy (non-hydrogen) atoms. The Balaban J connectivity index is 2.57. The average molecular weight is 301 g/mol. The second kappa shape index (κ2) is 5.07. The SMILES string of the molecule is O=C(O)c1c(-c2ccccc2)c2c(Cl)cccc2oc1=O. The maximum Gasteiger partial charge on any atom is 0.351 e. The van der Waals surface area contributed by atoms with Gasteiger partial charge in [-0.1, -0.05) is 48.0 Å². The minimum atomic E-state index is -1.34. The third-order valence-corrected chi connectivity index (χ3v) is 3.47. The van der Waals surface area contributed by atoms with E-state index in [1.165, 1.54) is 0 Å². The molecule has 0 saturated heterocycles. The van der Waals surface area contributed by atoms with Gasteiger partial charge in [-0.05, 0) is 17.7 Å². The lowest BCUT2D eigenvalue weighted by atomic mass is 9.97. The smallest absolute Gasteiger partial charge is 0.351 e. The lowest BCUT2D eigenvalue weighted by Gasteiger charge is -2.10. The van der Waals surface area contributed by atoms with Gasteiger partial charge in [0.25, 0.3) is 0 Å². The summed E-state index contributed by atoms with van der Waals surface area (Å²) in [5.41, 5.74) is -0.171. The summed E-state index contributed by atoms with van der Waals surface area (Å²) in [6.45, 7) is 0. The van der Waals surface area contributed by atoms with Crippen LogP contribution in [0.1, 0.15) is 10.4 Å². The molecule has 0 radical (unpaired) electrons. The van der Waals surface area contributed by atoms with Gasteiger partial charge in [0.1, 0.15) is 5.58 Å². The first-order chi connectivity index (χ1) is 10.1. The number of carboxylic acid groups (broad SMARTS) is 1. The van der Waals surface area contributed by atoms with E-state index in [1.807, 2.05) is 0 Å². The maximum atomic E-state index is 12.0. The molecule has 0 aliphatic carbocycles. The Bertz CT molecular complexity index is 897. The summed E-state index contributed by atoms with van der Waals surface area (Å²) < 4.78 is 5.08. The largest absolute Gasteiger partial charge is 0.477 e. The first-order valence-electron chi connectivity index (χ1n) is 6.13. The minimum absolute atomic E-state index is 0.261. The van der Waals surface area contributed by atoms with Crippen molar-refractivity contribution in [2.75, 3.05) is 0 Å². The van der Waals surface area contributed by atoms with Crippen molar-refractivity contribution in [3.8, 4) is 11.1 Å². The van der Waals surface area contributed by atoms with Gasteiger partial charge < -0.3 is 9.52 Å². The van der Waals surface area contributed by atoms with Crippen molar-refractivity contribution >= 4 is 28.5 Å². The second-order valence-corrected chi connectivity index (χ2v) is 4.83. The van der Waals surface area contributed by atoms with Crippen LogP contribution in [-0.4, -0.2) is 11.1 Å². The number of carboxylic acids is 1. The number of rotatable bonds is 2. The normalized spacial score (nSPS) is 10.7. The molecular weight excluding hydrogens is 292 g/mol. The molecule has 0 fully saturated rings. The zero-order valence-corrected chi connectivity index (χ0v) is 11.4. The van der Waals surface area contributed by atoms with E-state index < -0.39 is 17.2 Å². The fraction of sp³-hybridized carbons (Fsp3) is 0. The molecule has 0 amide bonds. The van der Waals surface area contributed by atoms with Crippen molar-refractivity contribution in [2.45, 2.75) is 0 Å². The molecule has 0 atom stereocenters. The Hall–Kier alpha value is -2.59. The molecular formula is C16H9ClO4. The Labute approximate surface area is 124 Å². The zero-order valence-electron chi connectivity index (χ0n) is 10.7. The molecule has 0 bridgehead atoms. The molecule has 3 aromatic rings. The highest BCUT2D eigenvalue weighted by Crippen LogP contribution is 2.34. The van der Waals surface area contributed by atoms with Gasteiger partial charge in [-0.15, -0.1) is 0 Å². The molecule has 0 aliphatic rings. The lowest BCUT2D eigenvalue weighted by molar-refractivity contribution is 0.0693. The first-order valence-corrected chi connectivity index (χ1v) is 6.51. The number of carbonyl (C=O) groups is 1. The summed E-state index contributed by atoms with van der Waals surface area (Å²) in [7, 11) is 0. The molecule has 0 spiro atoms. The number of fused-ring (bicyclic) bond motifs is 1. The first kappa shape index (κ1) is 13.4. The van der Waals surface area contributed by atoms with Crippen molar-refractivity contribution in [3.63, 3.8) is 0 Å². The monoisotopic (exact) mass is 300 g/mol. The Kier molecular flexibility index (Phi) is 3.23. The summed E-state index contributed by atoms with van der Waals surface area (Å²) >= 11 is 6.19. The molecule has 2 aromatic carbocycles. The van der Waals surface area contributed by atoms with Crippen LogP contribution in [0.5, 0.6) is 0 Å². The molecule has 3 rings (SSSR count). The van der Waals surface area contributed by atoms with Crippen LogP contribution in [0.15, 0.2) is 57.7 Å². The molecule has 104 valence electrons. The van der Waals surface area contributed by atoms with E-state index in [1.54, 1.807) is 48.5 Å². The fourth-order valence-electron chi connectivity index (χ4n) is 2.30. The van der Waals surface area contributed by atoms with Crippen molar-refractivity contribution in [3.05, 3.63) is 69.5 Å². The minimum Gasteiger partial charge on any atom is -0.477 e. The van der Waals surface area contributed by atoms with E-state index in [0.29, 0.717) is 16.0 Å². The van der Waals surface area contributed by atoms with Crippen molar-refractivity contribution in [1.29, 1.82) is 0 Å². The van der Waals surface area contributed by atoms with E-state index in [-0.39, 0.29) is 11.1 Å². The fourth-order valence-corrected chi connectivity index (χ4v) is 2.56. The van der Waals surface area contributed by atoms with Crippen LogP contribution in [0, 0.1) is 0 Å². The van der Waals surface area contributed by atoms with E-state index in [9.17, 15) is 14.7 Å². The molecule has 1 aromatic heterocycles. The quantitative estimate of drug-likeness (QED) is 0.731. The van der Waals surface area contributed by atoms with Crippen LogP contribution in [0.4, 0.5) is 0 Å². The standard InChI is InChI=1S/C16H9ClO4/c17-10-7-4-8-11-13(10)12(9-5-2-1-3-6-9)14(15(18)19)16(20)21-11/h1-8H,(H,18,19). The van der Waals surface area contributed by atoms with Crippen molar-refractivity contribution < 1.29 is 14.3 Å². The molecule has 0 aliphatic heterocycles. The van der Waals surface area contributed by atoms with E-state index in [4.69, 9.17) is 16.0 Å². The molecule has 4 nitrogen and oxygen atoms in total. The van der Waals surface area contributed by atoms with Crippen LogP contribution in [0.3, 0.4) is 0 Å². The van der Waals surface area contributed by atoms with Crippen molar-refractivity contribution in [1.82, 2.24) is 0 Å². The zero-order chi connectivity index (χ0) is 15.0. The second-order valence-electron chi connectivity index (χ2n) is 4.42. The van der Waals surface area contributed by atoms with E-state index in [0.717, 1.165) is 0 Å². The van der Waals surface area contributed by atoms with Gasteiger partial charge in [0, 0.05) is 10.9 Å². The van der Waals surface area contributed by atoms with Crippen LogP contribution < -0.4 is 5.63 Å². The number of halogens is 1. The van der Waals surface area contributed by atoms with Gasteiger partial charge in [0.2, 0.25) is 0 Å². The lowest BCUT2D eigenvalue weighted by Crippen LogP contribution is -2.15. The number of benzene rings is 2. The topological polar surface area (TPSA) is 67.5 Å². The number of hydrogen-bond donors (Lipinski definition) is 1. The van der Waals surface area contributed by atoms with Gasteiger partial charge in [-0.3, -0.25) is 0 Å². The molecule has 1 heterocycles. The van der Waals surface area contributed by atoms with E-state index in [2.05, 4.69) is 0 Å². The highest BCUT2D eigenvalue weighted by molar-refractivity contribution is 6.36. The number of hydrogen-bond acceptors (Lipinski definition) is 3. The van der Waals surface area contributed by atoms with E-state index >= 15 is 0 Å². The molecule has 1 N–H and O–H groups in total. The summed E-state index contributed by atoms with van der Waals surface area (Å²) in [5, 5.41) is 10.1. The van der Waals surface area contributed by atoms with Gasteiger partial charge in [0.15, 0.2) is 5.56 Å². The van der Waals surface area contributed by atoms with Crippen molar-refractivity contribution in [2.24, 2.45) is 0 Å². The predicted octanol–water partition coefficient (Wildman–Crippen LogP) is 3.81.